The standard InChI is InChI=1S/C14H19ClN2O/c15-13-5-3-11(4-6-13)7-8-17-14(18)10-16-9-12-1-2-12/h3-6,12,16H,1-2,7-10H2,(H,17,18). The van der Waals surface area contributed by atoms with Gasteiger partial charge in [-0.3, -0.25) is 4.79 Å². The number of benzene rings is 1. The van der Waals surface area contributed by atoms with Gasteiger partial charge in [-0.1, -0.05) is 23.7 Å². The summed E-state index contributed by atoms with van der Waals surface area (Å²) >= 11 is 5.81. The van der Waals surface area contributed by atoms with E-state index in [0.717, 1.165) is 23.9 Å². The third-order valence-corrected chi connectivity index (χ3v) is 3.32. The van der Waals surface area contributed by atoms with Crippen LogP contribution < -0.4 is 10.6 Å². The van der Waals surface area contributed by atoms with Crippen LogP contribution in [0.4, 0.5) is 0 Å². The highest BCUT2D eigenvalue weighted by atomic mass is 35.5. The van der Waals surface area contributed by atoms with Gasteiger partial charge >= 0.3 is 0 Å². The lowest BCUT2D eigenvalue weighted by Crippen LogP contribution is -2.35. The molecule has 0 heterocycles. The molecular formula is C14H19ClN2O. The van der Waals surface area contributed by atoms with Gasteiger partial charge in [-0.05, 0) is 49.4 Å². The number of hydrogen-bond acceptors (Lipinski definition) is 2. The van der Waals surface area contributed by atoms with Crippen LogP contribution in [0.3, 0.4) is 0 Å². The van der Waals surface area contributed by atoms with Gasteiger partial charge in [0.1, 0.15) is 0 Å². The van der Waals surface area contributed by atoms with Crippen molar-refractivity contribution in [2.45, 2.75) is 19.3 Å². The Hall–Kier alpha value is -1.06. The van der Waals surface area contributed by atoms with Crippen molar-refractivity contribution in [2.24, 2.45) is 5.92 Å². The van der Waals surface area contributed by atoms with E-state index in [-0.39, 0.29) is 5.91 Å². The molecule has 0 bridgehead atoms. The molecule has 1 aliphatic rings. The second-order valence-corrected chi connectivity index (χ2v) is 5.24. The lowest BCUT2D eigenvalue weighted by Gasteiger charge is -2.06. The summed E-state index contributed by atoms with van der Waals surface area (Å²) in [5, 5.41) is 6.82. The van der Waals surface area contributed by atoms with E-state index in [1.807, 2.05) is 24.3 Å². The first-order valence-electron chi connectivity index (χ1n) is 6.46. The van der Waals surface area contributed by atoms with E-state index >= 15 is 0 Å². The molecule has 2 rings (SSSR count). The molecule has 0 spiro atoms. The van der Waals surface area contributed by atoms with Gasteiger partial charge in [0, 0.05) is 11.6 Å². The zero-order valence-corrected chi connectivity index (χ0v) is 11.2. The van der Waals surface area contributed by atoms with Crippen molar-refractivity contribution in [1.82, 2.24) is 10.6 Å². The van der Waals surface area contributed by atoms with Crippen molar-refractivity contribution in [3.63, 3.8) is 0 Å². The van der Waals surface area contributed by atoms with Gasteiger partial charge in [0.25, 0.3) is 0 Å². The van der Waals surface area contributed by atoms with Crippen molar-refractivity contribution >= 4 is 17.5 Å². The minimum atomic E-state index is 0.0737. The highest BCUT2D eigenvalue weighted by molar-refractivity contribution is 6.30. The maximum Gasteiger partial charge on any atom is 0.233 e. The molecular weight excluding hydrogens is 248 g/mol. The molecule has 1 aromatic carbocycles. The summed E-state index contributed by atoms with van der Waals surface area (Å²) in [5.74, 6) is 0.886. The van der Waals surface area contributed by atoms with E-state index in [2.05, 4.69) is 10.6 Å². The molecule has 1 fully saturated rings. The molecule has 1 aromatic rings. The minimum Gasteiger partial charge on any atom is -0.355 e. The fourth-order valence-corrected chi connectivity index (χ4v) is 1.90. The van der Waals surface area contributed by atoms with Gasteiger partial charge in [0.15, 0.2) is 0 Å². The van der Waals surface area contributed by atoms with Crippen LogP contribution in [0.15, 0.2) is 24.3 Å². The molecule has 1 saturated carbocycles. The van der Waals surface area contributed by atoms with Crippen LogP contribution in [0.5, 0.6) is 0 Å². The SMILES string of the molecule is O=C(CNCC1CC1)NCCc1ccc(Cl)cc1. The molecule has 0 saturated heterocycles. The van der Waals surface area contributed by atoms with Crippen molar-refractivity contribution < 1.29 is 4.79 Å². The smallest absolute Gasteiger partial charge is 0.233 e. The third-order valence-electron chi connectivity index (χ3n) is 3.06. The predicted octanol–water partition coefficient (Wildman–Crippen LogP) is 2.00. The van der Waals surface area contributed by atoms with Crippen LogP contribution in [-0.2, 0) is 11.2 Å². The number of carbonyl (C=O) groups is 1. The van der Waals surface area contributed by atoms with Crippen LogP contribution in [0.25, 0.3) is 0 Å². The van der Waals surface area contributed by atoms with Crippen LogP contribution in [-0.4, -0.2) is 25.5 Å². The predicted molar refractivity (Wildman–Crippen MR) is 73.8 cm³/mol. The molecule has 4 heteroatoms. The number of carbonyl (C=O) groups excluding carboxylic acids is 1. The molecule has 3 nitrogen and oxygen atoms in total. The molecule has 0 radical (unpaired) electrons. The van der Waals surface area contributed by atoms with Gasteiger partial charge in [-0.25, -0.2) is 0 Å². The molecule has 18 heavy (non-hydrogen) atoms. The lowest BCUT2D eigenvalue weighted by molar-refractivity contribution is -0.120. The van der Waals surface area contributed by atoms with Gasteiger partial charge < -0.3 is 10.6 Å². The summed E-state index contributed by atoms with van der Waals surface area (Å²) in [6, 6.07) is 7.71. The molecule has 0 unspecified atom stereocenters. The third kappa shape index (κ3) is 5.07. The average molecular weight is 267 g/mol. The van der Waals surface area contributed by atoms with Gasteiger partial charge in [-0.2, -0.15) is 0 Å². The first-order chi connectivity index (χ1) is 8.74. The van der Waals surface area contributed by atoms with Gasteiger partial charge in [-0.15, -0.1) is 0 Å². The summed E-state index contributed by atoms with van der Waals surface area (Å²) in [7, 11) is 0. The van der Waals surface area contributed by atoms with Crippen LogP contribution >= 0.6 is 11.6 Å². The highest BCUT2D eigenvalue weighted by Gasteiger charge is 2.20. The Labute approximate surface area is 113 Å². The number of halogens is 1. The van der Waals surface area contributed by atoms with Crippen LogP contribution in [0.2, 0.25) is 5.02 Å². The first-order valence-corrected chi connectivity index (χ1v) is 6.83. The molecule has 0 aromatic heterocycles. The van der Waals surface area contributed by atoms with Crippen LogP contribution in [0, 0.1) is 5.92 Å². The average Bonchev–Trinajstić information content (AvgIpc) is 3.16. The number of hydrogen-bond donors (Lipinski definition) is 2. The zero-order chi connectivity index (χ0) is 12.8. The van der Waals surface area contributed by atoms with E-state index in [1.54, 1.807) is 0 Å². The minimum absolute atomic E-state index is 0.0737. The van der Waals surface area contributed by atoms with Crippen molar-refractivity contribution in [3.05, 3.63) is 34.9 Å². The monoisotopic (exact) mass is 266 g/mol. The lowest BCUT2D eigenvalue weighted by atomic mass is 10.1. The summed E-state index contributed by atoms with van der Waals surface area (Å²) in [6.07, 6.45) is 3.46. The van der Waals surface area contributed by atoms with E-state index in [1.165, 1.54) is 18.4 Å². The molecule has 1 amide bonds. The fraction of sp³-hybridized carbons (Fsp3) is 0.500. The molecule has 2 N–H and O–H groups in total. The number of amides is 1. The first kappa shape index (κ1) is 13.4. The van der Waals surface area contributed by atoms with E-state index < -0.39 is 0 Å². The molecule has 0 aliphatic heterocycles. The Morgan fingerprint density at radius 1 is 1.28 bits per heavy atom. The Bertz CT molecular complexity index is 387. The van der Waals surface area contributed by atoms with Crippen molar-refractivity contribution in [1.29, 1.82) is 0 Å². The molecule has 0 atom stereocenters. The normalized spacial score (nSPS) is 14.5. The summed E-state index contributed by atoms with van der Waals surface area (Å²) < 4.78 is 0. The summed E-state index contributed by atoms with van der Waals surface area (Å²) in [5.41, 5.74) is 1.19. The highest BCUT2D eigenvalue weighted by Crippen LogP contribution is 2.27. The maximum absolute atomic E-state index is 11.5. The van der Waals surface area contributed by atoms with Crippen molar-refractivity contribution in [3.8, 4) is 0 Å². The number of rotatable bonds is 7. The molecule has 98 valence electrons. The Morgan fingerprint density at radius 2 is 2.00 bits per heavy atom. The Kier molecular flexibility index (Phi) is 5.02. The van der Waals surface area contributed by atoms with E-state index in [9.17, 15) is 4.79 Å². The molecule has 1 aliphatic carbocycles. The Balaban J connectivity index is 1.56. The maximum atomic E-state index is 11.5. The van der Waals surface area contributed by atoms with E-state index in [0.29, 0.717) is 13.1 Å². The summed E-state index contributed by atoms with van der Waals surface area (Å²) in [6.45, 7) is 2.08. The quantitative estimate of drug-likeness (QED) is 0.793. The second-order valence-electron chi connectivity index (χ2n) is 4.80. The zero-order valence-electron chi connectivity index (χ0n) is 10.4. The second kappa shape index (κ2) is 6.76. The van der Waals surface area contributed by atoms with Gasteiger partial charge in [0.05, 0.1) is 6.54 Å². The number of nitrogens with one attached hydrogen (secondary N) is 2. The Morgan fingerprint density at radius 3 is 2.67 bits per heavy atom. The van der Waals surface area contributed by atoms with Crippen molar-refractivity contribution in [2.75, 3.05) is 19.6 Å². The summed E-state index contributed by atoms with van der Waals surface area (Å²) in [4.78, 5) is 11.5. The van der Waals surface area contributed by atoms with Crippen LogP contribution in [0.1, 0.15) is 18.4 Å². The fourth-order valence-electron chi connectivity index (χ4n) is 1.77. The van der Waals surface area contributed by atoms with Gasteiger partial charge in [0.2, 0.25) is 5.91 Å². The largest absolute Gasteiger partial charge is 0.355 e. The van der Waals surface area contributed by atoms with E-state index in [4.69, 9.17) is 11.6 Å². The topological polar surface area (TPSA) is 41.1 Å².